The molecule has 31 heavy (non-hydrogen) atoms. The van der Waals surface area contributed by atoms with Crippen LogP contribution in [0.1, 0.15) is 19.4 Å². The number of ketones is 1. The minimum Gasteiger partial charge on any atom is -0.492 e. The standard InChI is InChI=1S/C26H27NO4/c1-3-29-26(19(2)28)18-20-12-14-21(15-13-20)30-17-16-27-22-8-4-6-10-24(22)31-25-11-7-5-9-23(25)27/h4-15,26H,3,16-18H2,1-2H3/t26-/m0/s1. The number of fused-ring (bicyclic) bond motifs is 2. The van der Waals surface area contributed by atoms with E-state index in [1.54, 1.807) is 6.92 Å². The Bertz CT molecular complexity index is 986. The molecule has 0 spiro atoms. The number of nitrogens with zero attached hydrogens (tertiary/aromatic N) is 1. The number of benzene rings is 3. The van der Waals surface area contributed by atoms with Crippen LogP contribution < -0.4 is 14.4 Å². The van der Waals surface area contributed by atoms with Crippen LogP contribution in [0.25, 0.3) is 0 Å². The molecular formula is C26H27NO4. The van der Waals surface area contributed by atoms with Crippen molar-refractivity contribution in [2.45, 2.75) is 26.4 Å². The summed E-state index contributed by atoms with van der Waals surface area (Å²) in [5.41, 5.74) is 3.12. The molecular weight excluding hydrogens is 390 g/mol. The quantitative estimate of drug-likeness (QED) is 0.457. The number of rotatable bonds is 9. The highest BCUT2D eigenvalue weighted by molar-refractivity contribution is 5.80. The Kier molecular flexibility index (Phi) is 6.53. The molecule has 0 saturated carbocycles. The van der Waals surface area contributed by atoms with Crippen molar-refractivity contribution >= 4 is 17.2 Å². The van der Waals surface area contributed by atoms with E-state index in [0.717, 1.165) is 34.2 Å². The molecule has 160 valence electrons. The van der Waals surface area contributed by atoms with Gasteiger partial charge in [-0.05, 0) is 55.8 Å². The Labute approximate surface area is 183 Å². The smallest absolute Gasteiger partial charge is 0.158 e. The minimum atomic E-state index is -0.391. The maximum atomic E-state index is 11.7. The first-order valence-corrected chi connectivity index (χ1v) is 10.6. The summed E-state index contributed by atoms with van der Waals surface area (Å²) in [6.45, 7) is 5.21. The van der Waals surface area contributed by atoms with Crippen molar-refractivity contribution in [1.29, 1.82) is 0 Å². The predicted octanol–water partition coefficient (Wildman–Crippen LogP) is 5.55. The molecule has 3 aromatic carbocycles. The maximum Gasteiger partial charge on any atom is 0.158 e. The van der Waals surface area contributed by atoms with Gasteiger partial charge in [0.2, 0.25) is 0 Å². The molecule has 0 aliphatic carbocycles. The van der Waals surface area contributed by atoms with Crippen LogP contribution in [0.2, 0.25) is 0 Å². The third-order valence-corrected chi connectivity index (χ3v) is 5.28. The highest BCUT2D eigenvalue weighted by Gasteiger charge is 2.23. The fraction of sp³-hybridized carbons (Fsp3) is 0.269. The van der Waals surface area contributed by atoms with Gasteiger partial charge in [0.1, 0.15) is 18.5 Å². The molecule has 1 aliphatic rings. The lowest BCUT2D eigenvalue weighted by molar-refractivity contribution is -0.127. The average Bonchev–Trinajstić information content (AvgIpc) is 2.79. The Hall–Kier alpha value is -3.31. The lowest BCUT2D eigenvalue weighted by Crippen LogP contribution is -2.26. The van der Waals surface area contributed by atoms with E-state index in [2.05, 4.69) is 17.0 Å². The Morgan fingerprint density at radius 3 is 2.13 bits per heavy atom. The van der Waals surface area contributed by atoms with Crippen molar-refractivity contribution in [2.24, 2.45) is 0 Å². The van der Waals surface area contributed by atoms with E-state index in [0.29, 0.717) is 26.2 Å². The zero-order valence-electron chi connectivity index (χ0n) is 17.9. The number of carbonyl (C=O) groups excluding carboxylic acids is 1. The van der Waals surface area contributed by atoms with Gasteiger partial charge in [0, 0.05) is 13.0 Å². The summed E-state index contributed by atoms with van der Waals surface area (Å²) < 4.78 is 17.6. The van der Waals surface area contributed by atoms with Crippen molar-refractivity contribution in [1.82, 2.24) is 0 Å². The number of para-hydroxylation sites is 4. The van der Waals surface area contributed by atoms with Crippen LogP contribution in [0, 0.1) is 0 Å². The van der Waals surface area contributed by atoms with E-state index in [9.17, 15) is 4.79 Å². The van der Waals surface area contributed by atoms with Gasteiger partial charge in [-0.2, -0.15) is 0 Å². The van der Waals surface area contributed by atoms with Gasteiger partial charge in [-0.15, -0.1) is 0 Å². The monoisotopic (exact) mass is 417 g/mol. The third-order valence-electron chi connectivity index (χ3n) is 5.28. The molecule has 0 bridgehead atoms. The second kappa shape index (κ2) is 9.67. The maximum absolute atomic E-state index is 11.7. The Morgan fingerprint density at radius 2 is 1.55 bits per heavy atom. The van der Waals surface area contributed by atoms with Crippen molar-refractivity contribution in [3.8, 4) is 17.2 Å². The number of hydrogen-bond donors (Lipinski definition) is 0. The van der Waals surface area contributed by atoms with Gasteiger partial charge in [-0.3, -0.25) is 4.79 Å². The molecule has 0 fully saturated rings. The van der Waals surface area contributed by atoms with Crippen molar-refractivity contribution in [3.63, 3.8) is 0 Å². The minimum absolute atomic E-state index is 0.0493. The van der Waals surface area contributed by atoms with Gasteiger partial charge in [0.15, 0.2) is 17.3 Å². The first-order valence-electron chi connectivity index (χ1n) is 10.6. The third kappa shape index (κ3) is 4.89. The van der Waals surface area contributed by atoms with Gasteiger partial charge < -0.3 is 19.1 Å². The van der Waals surface area contributed by atoms with Crippen LogP contribution in [0.4, 0.5) is 11.4 Å². The Morgan fingerprint density at radius 1 is 0.935 bits per heavy atom. The van der Waals surface area contributed by atoms with Crippen molar-refractivity contribution in [3.05, 3.63) is 78.4 Å². The first-order chi connectivity index (χ1) is 15.2. The largest absolute Gasteiger partial charge is 0.492 e. The zero-order valence-corrected chi connectivity index (χ0v) is 17.9. The van der Waals surface area contributed by atoms with Gasteiger partial charge in [0.25, 0.3) is 0 Å². The highest BCUT2D eigenvalue weighted by atomic mass is 16.5. The van der Waals surface area contributed by atoms with Crippen LogP contribution in [-0.2, 0) is 16.0 Å². The van der Waals surface area contributed by atoms with E-state index in [-0.39, 0.29) is 5.78 Å². The molecule has 1 atom stereocenters. The lowest BCUT2D eigenvalue weighted by Gasteiger charge is -2.32. The highest BCUT2D eigenvalue weighted by Crippen LogP contribution is 2.45. The second-order valence-electron chi connectivity index (χ2n) is 7.44. The molecule has 0 radical (unpaired) electrons. The van der Waals surface area contributed by atoms with Crippen LogP contribution in [0.5, 0.6) is 17.2 Å². The molecule has 3 aromatic rings. The molecule has 5 nitrogen and oxygen atoms in total. The summed E-state index contributed by atoms with van der Waals surface area (Å²) in [5, 5.41) is 0. The molecule has 5 heteroatoms. The van der Waals surface area contributed by atoms with Crippen LogP contribution in [-0.4, -0.2) is 31.6 Å². The van der Waals surface area contributed by atoms with Crippen LogP contribution in [0.15, 0.2) is 72.8 Å². The number of Topliss-reactive ketones (excluding diaryl/α,β-unsaturated/α-hetero) is 1. The number of ether oxygens (including phenoxy) is 3. The van der Waals surface area contributed by atoms with E-state index in [1.165, 1.54) is 0 Å². The molecule has 4 rings (SSSR count). The summed E-state index contributed by atoms with van der Waals surface area (Å²) in [6.07, 6.45) is 0.184. The van der Waals surface area contributed by atoms with Crippen LogP contribution in [0.3, 0.4) is 0 Å². The fourth-order valence-electron chi connectivity index (χ4n) is 3.73. The zero-order chi connectivity index (χ0) is 21.6. The summed E-state index contributed by atoms with van der Waals surface area (Å²) in [7, 11) is 0. The summed E-state index contributed by atoms with van der Waals surface area (Å²) in [5.74, 6) is 2.54. The summed E-state index contributed by atoms with van der Waals surface area (Å²) in [4.78, 5) is 13.9. The van der Waals surface area contributed by atoms with E-state index in [4.69, 9.17) is 14.2 Å². The number of hydrogen-bond acceptors (Lipinski definition) is 5. The van der Waals surface area contributed by atoms with E-state index >= 15 is 0 Å². The lowest BCUT2D eigenvalue weighted by atomic mass is 10.1. The Balaban J connectivity index is 1.39. The molecule has 1 heterocycles. The molecule has 0 unspecified atom stereocenters. The predicted molar refractivity (Wildman–Crippen MR) is 122 cm³/mol. The van der Waals surface area contributed by atoms with Gasteiger partial charge >= 0.3 is 0 Å². The average molecular weight is 418 g/mol. The van der Waals surface area contributed by atoms with Crippen LogP contribution >= 0.6 is 0 Å². The van der Waals surface area contributed by atoms with Gasteiger partial charge in [-0.25, -0.2) is 0 Å². The first kappa shape index (κ1) is 20.9. The van der Waals surface area contributed by atoms with Gasteiger partial charge in [0.05, 0.1) is 17.9 Å². The fourth-order valence-corrected chi connectivity index (χ4v) is 3.73. The topological polar surface area (TPSA) is 48.0 Å². The summed E-state index contributed by atoms with van der Waals surface area (Å²) in [6, 6.07) is 23.9. The van der Waals surface area contributed by atoms with Crippen molar-refractivity contribution in [2.75, 3.05) is 24.7 Å². The van der Waals surface area contributed by atoms with E-state index < -0.39 is 6.10 Å². The molecule has 0 saturated heterocycles. The molecule has 0 aromatic heterocycles. The molecule has 1 aliphatic heterocycles. The van der Waals surface area contributed by atoms with Crippen molar-refractivity contribution < 1.29 is 19.0 Å². The SMILES string of the molecule is CCO[C@@H](Cc1ccc(OCCN2c3ccccc3Oc3ccccc32)cc1)C(C)=O. The molecule has 0 N–H and O–H groups in total. The normalized spacial score (nSPS) is 13.0. The summed E-state index contributed by atoms with van der Waals surface area (Å²) >= 11 is 0. The second-order valence-corrected chi connectivity index (χ2v) is 7.44. The molecule has 0 amide bonds. The number of carbonyl (C=O) groups is 1. The van der Waals surface area contributed by atoms with E-state index in [1.807, 2.05) is 67.6 Å². The number of anilines is 2. The van der Waals surface area contributed by atoms with Gasteiger partial charge in [-0.1, -0.05) is 36.4 Å².